The Morgan fingerprint density at radius 2 is 1.77 bits per heavy atom. The van der Waals surface area contributed by atoms with Crippen LogP contribution in [0.2, 0.25) is 0 Å². The number of aryl methyl sites for hydroxylation is 1. The number of H-pyrrole nitrogens is 1. The number of aromatic amines is 1. The lowest BCUT2D eigenvalue weighted by atomic mass is 9.95. The molecule has 1 aliphatic heterocycles. The van der Waals surface area contributed by atoms with Crippen molar-refractivity contribution in [1.29, 1.82) is 0 Å². The minimum absolute atomic E-state index is 0.208. The van der Waals surface area contributed by atoms with Gasteiger partial charge in [-0.15, -0.1) is 0 Å². The molecule has 2 heterocycles. The van der Waals surface area contributed by atoms with Crippen molar-refractivity contribution in [3.8, 4) is 17.0 Å². The fourth-order valence-electron chi connectivity index (χ4n) is 4.07. The number of hydrogen-bond donors (Lipinski definition) is 1. The van der Waals surface area contributed by atoms with Gasteiger partial charge < -0.3 is 4.74 Å². The van der Waals surface area contributed by atoms with Crippen LogP contribution < -0.4 is 9.64 Å². The molecule has 5 rings (SSSR count). The van der Waals surface area contributed by atoms with Gasteiger partial charge in [-0.05, 0) is 48.9 Å². The van der Waals surface area contributed by atoms with Gasteiger partial charge >= 0.3 is 0 Å². The standard InChI is InChI=1S/C25H20FN3O2/c1-15-6-8-16(9-7-15)22-21-23(28-27-22)25(30)29(19-12-10-18(26)11-13-19)24(21)17-4-3-5-20(14-17)31-2/h3-14,24H,1-2H3,(H,27,28)/t24-/m1/s1. The largest absolute Gasteiger partial charge is 0.497 e. The number of benzene rings is 3. The number of nitrogens with zero attached hydrogens (tertiary/aromatic N) is 2. The van der Waals surface area contributed by atoms with Crippen molar-refractivity contribution in [3.63, 3.8) is 0 Å². The maximum atomic E-state index is 13.6. The number of amides is 1. The summed E-state index contributed by atoms with van der Waals surface area (Å²) in [7, 11) is 1.61. The predicted octanol–water partition coefficient (Wildman–Crippen LogP) is 5.28. The second-order valence-electron chi connectivity index (χ2n) is 7.56. The molecule has 0 radical (unpaired) electrons. The van der Waals surface area contributed by atoms with E-state index in [-0.39, 0.29) is 11.7 Å². The zero-order valence-corrected chi connectivity index (χ0v) is 17.1. The molecular formula is C25H20FN3O2. The van der Waals surface area contributed by atoms with Crippen molar-refractivity contribution in [2.45, 2.75) is 13.0 Å². The van der Waals surface area contributed by atoms with Crippen LogP contribution in [-0.2, 0) is 0 Å². The molecule has 4 aromatic rings. The third-order valence-corrected chi connectivity index (χ3v) is 5.61. The van der Waals surface area contributed by atoms with Gasteiger partial charge in [0.05, 0.1) is 18.8 Å². The van der Waals surface area contributed by atoms with Gasteiger partial charge in [0, 0.05) is 16.8 Å². The Balaban J connectivity index is 1.72. The second-order valence-corrected chi connectivity index (χ2v) is 7.56. The van der Waals surface area contributed by atoms with Crippen LogP contribution in [0.4, 0.5) is 10.1 Å². The Labute approximate surface area is 179 Å². The molecule has 1 atom stereocenters. The lowest BCUT2D eigenvalue weighted by molar-refractivity contribution is 0.0988. The fraction of sp³-hybridized carbons (Fsp3) is 0.120. The molecule has 0 bridgehead atoms. The van der Waals surface area contributed by atoms with E-state index in [1.54, 1.807) is 24.1 Å². The number of aromatic nitrogens is 2. The Morgan fingerprint density at radius 1 is 1.03 bits per heavy atom. The average Bonchev–Trinajstić information content (AvgIpc) is 3.34. The van der Waals surface area contributed by atoms with Crippen molar-refractivity contribution in [2.75, 3.05) is 12.0 Å². The van der Waals surface area contributed by atoms with Gasteiger partial charge in [0.15, 0.2) is 0 Å². The molecule has 1 N–H and O–H groups in total. The molecule has 3 aromatic carbocycles. The van der Waals surface area contributed by atoms with E-state index >= 15 is 0 Å². The summed E-state index contributed by atoms with van der Waals surface area (Å²) in [4.78, 5) is 15.1. The van der Waals surface area contributed by atoms with Gasteiger partial charge in [-0.3, -0.25) is 14.8 Å². The highest BCUT2D eigenvalue weighted by atomic mass is 19.1. The Hall–Kier alpha value is -3.93. The first-order chi connectivity index (χ1) is 15.1. The zero-order chi connectivity index (χ0) is 21.5. The van der Waals surface area contributed by atoms with Gasteiger partial charge in [0.2, 0.25) is 0 Å². The van der Waals surface area contributed by atoms with E-state index in [0.717, 1.165) is 27.9 Å². The lowest BCUT2D eigenvalue weighted by Crippen LogP contribution is -2.29. The second kappa shape index (κ2) is 7.40. The Kier molecular flexibility index (Phi) is 4.55. The molecule has 0 saturated heterocycles. The third kappa shape index (κ3) is 3.17. The number of ether oxygens (including phenoxy) is 1. The summed E-state index contributed by atoms with van der Waals surface area (Å²) in [6.45, 7) is 2.03. The topological polar surface area (TPSA) is 58.2 Å². The monoisotopic (exact) mass is 413 g/mol. The quantitative estimate of drug-likeness (QED) is 0.495. The minimum Gasteiger partial charge on any atom is -0.497 e. The van der Waals surface area contributed by atoms with E-state index in [2.05, 4.69) is 10.2 Å². The maximum Gasteiger partial charge on any atom is 0.277 e. The van der Waals surface area contributed by atoms with E-state index in [9.17, 15) is 9.18 Å². The molecule has 31 heavy (non-hydrogen) atoms. The van der Waals surface area contributed by atoms with E-state index in [0.29, 0.717) is 17.1 Å². The molecule has 0 fully saturated rings. The summed E-state index contributed by atoms with van der Waals surface area (Å²) in [6, 6.07) is 21.2. The number of anilines is 1. The van der Waals surface area contributed by atoms with Gasteiger partial charge in [0.25, 0.3) is 5.91 Å². The van der Waals surface area contributed by atoms with E-state index in [1.165, 1.54) is 12.1 Å². The number of fused-ring (bicyclic) bond motifs is 1. The third-order valence-electron chi connectivity index (χ3n) is 5.61. The van der Waals surface area contributed by atoms with Crippen molar-refractivity contribution >= 4 is 11.6 Å². The molecule has 1 aromatic heterocycles. The number of halogens is 1. The van der Waals surface area contributed by atoms with Crippen LogP contribution in [0.25, 0.3) is 11.3 Å². The maximum absolute atomic E-state index is 13.6. The molecule has 0 saturated carbocycles. The van der Waals surface area contributed by atoms with Crippen LogP contribution in [0, 0.1) is 12.7 Å². The summed E-state index contributed by atoms with van der Waals surface area (Å²) >= 11 is 0. The number of methoxy groups -OCH3 is 1. The van der Waals surface area contributed by atoms with Crippen molar-refractivity contribution < 1.29 is 13.9 Å². The summed E-state index contributed by atoms with van der Waals surface area (Å²) in [5, 5.41) is 7.43. The Morgan fingerprint density at radius 3 is 2.48 bits per heavy atom. The fourth-order valence-corrected chi connectivity index (χ4v) is 4.07. The van der Waals surface area contributed by atoms with Crippen LogP contribution in [0.3, 0.4) is 0 Å². The van der Waals surface area contributed by atoms with Crippen molar-refractivity contribution in [3.05, 3.63) is 101 Å². The number of nitrogens with one attached hydrogen (secondary N) is 1. The normalized spacial score (nSPS) is 15.3. The van der Waals surface area contributed by atoms with Gasteiger partial charge in [-0.1, -0.05) is 42.0 Å². The predicted molar refractivity (Wildman–Crippen MR) is 117 cm³/mol. The molecule has 5 nitrogen and oxygen atoms in total. The van der Waals surface area contributed by atoms with E-state index < -0.39 is 6.04 Å². The summed E-state index contributed by atoms with van der Waals surface area (Å²) in [5.74, 6) is 0.131. The SMILES string of the molecule is COc1cccc([C@@H]2c3c(-c4ccc(C)cc4)n[nH]c3C(=O)N2c2ccc(F)cc2)c1. The van der Waals surface area contributed by atoms with E-state index in [1.807, 2.05) is 55.5 Å². The molecule has 1 aliphatic rings. The lowest BCUT2D eigenvalue weighted by Gasteiger charge is -2.26. The van der Waals surface area contributed by atoms with Gasteiger partial charge in [-0.25, -0.2) is 4.39 Å². The molecule has 0 spiro atoms. The smallest absolute Gasteiger partial charge is 0.277 e. The highest BCUT2D eigenvalue weighted by molar-refractivity contribution is 6.11. The molecule has 1 amide bonds. The highest BCUT2D eigenvalue weighted by Gasteiger charge is 2.43. The summed E-state index contributed by atoms with van der Waals surface area (Å²) < 4.78 is 19.0. The molecular weight excluding hydrogens is 393 g/mol. The molecule has 6 heteroatoms. The average molecular weight is 413 g/mol. The first kappa shape index (κ1) is 19.1. The van der Waals surface area contributed by atoms with Gasteiger partial charge in [-0.2, -0.15) is 5.10 Å². The minimum atomic E-state index is -0.432. The van der Waals surface area contributed by atoms with Crippen LogP contribution in [0.1, 0.15) is 33.2 Å². The number of carbonyl (C=O) groups is 1. The number of hydrogen-bond acceptors (Lipinski definition) is 3. The molecule has 154 valence electrons. The zero-order valence-electron chi connectivity index (χ0n) is 17.1. The van der Waals surface area contributed by atoms with Crippen LogP contribution in [-0.4, -0.2) is 23.2 Å². The first-order valence-corrected chi connectivity index (χ1v) is 9.95. The van der Waals surface area contributed by atoms with Crippen LogP contribution in [0.15, 0.2) is 72.8 Å². The number of rotatable bonds is 4. The van der Waals surface area contributed by atoms with Crippen LogP contribution >= 0.6 is 0 Å². The Bertz CT molecular complexity index is 1260. The van der Waals surface area contributed by atoms with Crippen molar-refractivity contribution in [1.82, 2.24) is 10.2 Å². The molecule has 0 unspecified atom stereocenters. The first-order valence-electron chi connectivity index (χ1n) is 9.95. The summed E-state index contributed by atoms with van der Waals surface area (Å²) in [6.07, 6.45) is 0. The van der Waals surface area contributed by atoms with Crippen LogP contribution in [0.5, 0.6) is 5.75 Å². The highest BCUT2D eigenvalue weighted by Crippen LogP contribution is 2.45. The number of carbonyl (C=O) groups excluding carboxylic acids is 1. The summed E-state index contributed by atoms with van der Waals surface area (Å²) in [5.41, 5.74) is 5.51. The van der Waals surface area contributed by atoms with Gasteiger partial charge in [0.1, 0.15) is 17.3 Å². The van der Waals surface area contributed by atoms with E-state index in [4.69, 9.17) is 4.74 Å². The molecule has 0 aliphatic carbocycles. The van der Waals surface area contributed by atoms with Crippen molar-refractivity contribution in [2.24, 2.45) is 0 Å².